The number of aromatic nitrogens is 1. The van der Waals surface area contributed by atoms with Gasteiger partial charge in [0.05, 0.1) is 0 Å². The van der Waals surface area contributed by atoms with E-state index in [1.54, 1.807) is 6.20 Å². The van der Waals surface area contributed by atoms with E-state index >= 15 is 0 Å². The van der Waals surface area contributed by atoms with E-state index in [1.807, 2.05) is 6.07 Å². The minimum atomic E-state index is 0.814. The molecule has 2 fully saturated rings. The number of anilines is 1. The van der Waals surface area contributed by atoms with Gasteiger partial charge in [-0.25, -0.2) is 10.8 Å². The van der Waals surface area contributed by atoms with Gasteiger partial charge < -0.3 is 5.43 Å². The maximum Gasteiger partial charge on any atom is 0.144 e. The summed E-state index contributed by atoms with van der Waals surface area (Å²) in [5, 5.41) is 0. The van der Waals surface area contributed by atoms with E-state index in [4.69, 9.17) is 5.84 Å². The van der Waals surface area contributed by atoms with Crippen LogP contribution in [-0.4, -0.2) is 23.0 Å². The minimum absolute atomic E-state index is 0.814. The van der Waals surface area contributed by atoms with Gasteiger partial charge in [-0.1, -0.05) is 6.07 Å². The molecule has 0 unspecified atom stereocenters. The molecule has 2 aliphatic rings. The Morgan fingerprint density at radius 2 is 1.89 bits per heavy atom. The Kier molecular flexibility index (Phi) is 3.48. The number of pyridine rings is 1. The molecule has 4 heteroatoms. The molecule has 0 amide bonds. The first-order valence-electron chi connectivity index (χ1n) is 6.98. The molecule has 0 radical (unpaired) electrons. The highest BCUT2D eigenvalue weighted by Crippen LogP contribution is 2.34. The lowest BCUT2D eigenvalue weighted by Gasteiger charge is -2.23. The summed E-state index contributed by atoms with van der Waals surface area (Å²) in [6, 6.07) is 4.11. The van der Waals surface area contributed by atoms with Crippen LogP contribution in [0.15, 0.2) is 18.3 Å². The second-order valence-electron chi connectivity index (χ2n) is 5.74. The molecule has 0 aromatic carbocycles. The van der Waals surface area contributed by atoms with E-state index in [1.165, 1.54) is 44.3 Å². The van der Waals surface area contributed by atoms with Crippen LogP contribution in [0.5, 0.6) is 0 Å². The van der Waals surface area contributed by atoms with Crippen LogP contribution in [0.4, 0.5) is 5.82 Å². The van der Waals surface area contributed by atoms with E-state index in [-0.39, 0.29) is 0 Å². The molecule has 0 bridgehead atoms. The molecule has 1 aromatic rings. The Balaban J connectivity index is 1.65. The second kappa shape index (κ2) is 5.24. The zero-order chi connectivity index (χ0) is 12.4. The van der Waals surface area contributed by atoms with Crippen molar-refractivity contribution >= 4 is 5.82 Å². The summed E-state index contributed by atoms with van der Waals surface area (Å²) in [6.07, 6.45) is 7.43. The fourth-order valence-electron chi connectivity index (χ4n) is 2.47. The molecule has 3 N–H and O–H groups in total. The van der Waals surface area contributed by atoms with Crippen LogP contribution in [0.2, 0.25) is 0 Å². The molecule has 3 rings (SSSR count). The number of nitrogen functional groups attached to an aromatic ring is 1. The molecule has 18 heavy (non-hydrogen) atoms. The summed E-state index contributed by atoms with van der Waals surface area (Å²) < 4.78 is 0. The first kappa shape index (κ1) is 11.9. The first-order chi connectivity index (χ1) is 8.85. The standard InChI is InChI=1S/C14H22N4/c15-17-14-13(2-1-7-16-14)10-18(8-11-3-4-11)9-12-5-6-12/h1-2,7,11-12H,3-6,8-10,15H2,(H,16,17). The largest absolute Gasteiger partial charge is 0.308 e. The molecule has 2 saturated carbocycles. The van der Waals surface area contributed by atoms with Crippen molar-refractivity contribution in [2.75, 3.05) is 18.5 Å². The average Bonchev–Trinajstić information content (AvgIpc) is 3.26. The van der Waals surface area contributed by atoms with E-state index in [9.17, 15) is 0 Å². The van der Waals surface area contributed by atoms with Gasteiger partial charge in [0.25, 0.3) is 0 Å². The van der Waals surface area contributed by atoms with Gasteiger partial charge in [0.2, 0.25) is 0 Å². The SMILES string of the molecule is NNc1ncccc1CN(CC1CC1)CC1CC1. The fourth-order valence-corrected chi connectivity index (χ4v) is 2.47. The molecule has 0 atom stereocenters. The van der Waals surface area contributed by atoms with Crippen molar-refractivity contribution in [1.82, 2.24) is 9.88 Å². The molecule has 98 valence electrons. The third kappa shape index (κ3) is 3.21. The van der Waals surface area contributed by atoms with Gasteiger partial charge in [0.1, 0.15) is 5.82 Å². The van der Waals surface area contributed by atoms with Crippen LogP contribution in [-0.2, 0) is 6.54 Å². The Hall–Kier alpha value is -1.13. The summed E-state index contributed by atoms with van der Waals surface area (Å²) in [4.78, 5) is 6.87. The molecule has 1 aromatic heterocycles. The van der Waals surface area contributed by atoms with E-state index < -0.39 is 0 Å². The first-order valence-corrected chi connectivity index (χ1v) is 6.98. The Morgan fingerprint density at radius 1 is 1.22 bits per heavy atom. The number of nitrogens with zero attached hydrogens (tertiary/aromatic N) is 2. The lowest BCUT2D eigenvalue weighted by molar-refractivity contribution is 0.244. The number of nitrogens with one attached hydrogen (secondary N) is 1. The molecule has 1 heterocycles. The van der Waals surface area contributed by atoms with Crippen LogP contribution in [0.1, 0.15) is 31.2 Å². The predicted octanol–water partition coefficient (Wildman–Crippen LogP) is 1.99. The van der Waals surface area contributed by atoms with Crippen molar-refractivity contribution in [3.63, 3.8) is 0 Å². The zero-order valence-electron chi connectivity index (χ0n) is 10.8. The van der Waals surface area contributed by atoms with Crippen LogP contribution in [0.25, 0.3) is 0 Å². The normalized spacial score (nSPS) is 19.2. The lowest BCUT2D eigenvalue weighted by Crippen LogP contribution is -2.28. The number of rotatable bonds is 7. The summed E-state index contributed by atoms with van der Waals surface area (Å²) in [5.74, 6) is 8.22. The Bertz CT molecular complexity index is 385. The summed E-state index contributed by atoms with van der Waals surface area (Å²) in [5.41, 5.74) is 3.91. The summed E-state index contributed by atoms with van der Waals surface area (Å²) in [6.45, 7) is 3.46. The van der Waals surface area contributed by atoms with Gasteiger partial charge in [0.15, 0.2) is 0 Å². The smallest absolute Gasteiger partial charge is 0.144 e. The molecular formula is C14H22N4. The Morgan fingerprint density at radius 3 is 2.44 bits per heavy atom. The van der Waals surface area contributed by atoms with Crippen molar-refractivity contribution in [3.05, 3.63) is 23.9 Å². The topological polar surface area (TPSA) is 54.2 Å². The van der Waals surface area contributed by atoms with E-state index in [0.29, 0.717) is 0 Å². The van der Waals surface area contributed by atoms with Crippen molar-refractivity contribution in [2.24, 2.45) is 17.7 Å². The predicted molar refractivity (Wildman–Crippen MR) is 72.8 cm³/mol. The number of hydrogen-bond acceptors (Lipinski definition) is 4. The van der Waals surface area contributed by atoms with Crippen molar-refractivity contribution in [3.8, 4) is 0 Å². The molecule has 0 aliphatic heterocycles. The van der Waals surface area contributed by atoms with Gasteiger partial charge in [-0.05, 0) is 43.6 Å². The van der Waals surface area contributed by atoms with Gasteiger partial charge in [-0.15, -0.1) is 0 Å². The highest BCUT2D eigenvalue weighted by molar-refractivity contribution is 5.42. The molecule has 0 spiro atoms. The highest BCUT2D eigenvalue weighted by atomic mass is 15.3. The van der Waals surface area contributed by atoms with Gasteiger partial charge in [0, 0.05) is 31.4 Å². The zero-order valence-corrected chi connectivity index (χ0v) is 10.8. The van der Waals surface area contributed by atoms with E-state index in [0.717, 1.165) is 24.2 Å². The van der Waals surface area contributed by atoms with Crippen molar-refractivity contribution in [2.45, 2.75) is 32.2 Å². The minimum Gasteiger partial charge on any atom is -0.308 e. The molecule has 0 saturated heterocycles. The maximum absolute atomic E-state index is 5.52. The molecule has 2 aliphatic carbocycles. The van der Waals surface area contributed by atoms with Crippen LogP contribution in [0.3, 0.4) is 0 Å². The molecular weight excluding hydrogens is 224 g/mol. The van der Waals surface area contributed by atoms with Crippen LogP contribution in [0, 0.1) is 11.8 Å². The Labute approximate surface area is 109 Å². The van der Waals surface area contributed by atoms with E-state index in [2.05, 4.69) is 21.4 Å². The summed E-state index contributed by atoms with van der Waals surface area (Å²) in [7, 11) is 0. The van der Waals surface area contributed by atoms with Crippen molar-refractivity contribution < 1.29 is 0 Å². The fraction of sp³-hybridized carbons (Fsp3) is 0.643. The maximum atomic E-state index is 5.52. The van der Waals surface area contributed by atoms with Gasteiger partial charge in [-0.3, -0.25) is 4.90 Å². The highest BCUT2D eigenvalue weighted by Gasteiger charge is 2.29. The lowest BCUT2D eigenvalue weighted by atomic mass is 10.2. The third-order valence-electron chi connectivity index (χ3n) is 3.85. The average molecular weight is 246 g/mol. The molecule has 4 nitrogen and oxygen atoms in total. The van der Waals surface area contributed by atoms with Gasteiger partial charge in [-0.2, -0.15) is 0 Å². The summed E-state index contributed by atoms with van der Waals surface area (Å²) >= 11 is 0. The van der Waals surface area contributed by atoms with Crippen LogP contribution >= 0.6 is 0 Å². The van der Waals surface area contributed by atoms with Gasteiger partial charge >= 0.3 is 0 Å². The third-order valence-corrected chi connectivity index (χ3v) is 3.85. The monoisotopic (exact) mass is 246 g/mol. The number of nitrogens with two attached hydrogens (primary N) is 1. The second-order valence-corrected chi connectivity index (χ2v) is 5.74. The van der Waals surface area contributed by atoms with Crippen molar-refractivity contribution in [1.29, 1.82) is 0 Å². The van der Waals surface area contributed by atoms with Crippen LogP contribution < -0.4 is 11.3 Å². The number of hydrazine groups is 1. The quantitative estimate of drug-likeness (QED) is 0.570. The number of hydrogen-bond donors (Lipinski definition) is 2.